The summed E-state index contributed by atoms with van der Waals surface area (Å²) in [6, 6.07) is 9.82. The fourth-order valence-electron chi connectivity index (χ4n) is 3.23. The topological polar surface area (TPSA) is 53.0 Å². The largest absolute Gasteiger partial charge is 0.439 e. The van der Waals surface area contributed by atoms with E-state index in [9.17, 15) is 9.90 Å². The van der Waals surface area contributed by atoms with Crippen molar-refractivity contribution in [1.29, 1.82) is 0 Å². The Bertz CT molecular complexity index is 555. The van der Waals surface area contributed by atoms with Gasteiger partial charge in [-0.25, -0.2) is 14.8 Å². The van der Waals surface area contributed by atoms with E-state index in [2.05, 4.69) is 0 Å². The first-order valence-electron chi connectivity index (χ1n) is 8.57. The summed E-state index contributed by atoms with van der Waals surface area (Å²) < 4.78 is 5.70. The molecular weight excluding hydrogens is 304 g/mol. The molecule has 5 nitrogen and oxygen atoms in total. The predicted molar refractivity (Wildman–Crippen MR) is 94.2 cm³/mol. The van der Waals surface area contributed by atoms with Crippen molar-refractivity contribution < 1.29 is 14.6 Å². The number of aliphatic hydroxyl groups excluding tert-OH is 1. The molecule has 0 bridgehead atoms. The average molecular weight is 334 g/mol. The number of amides is 1. The third-order valence-electron chi connectivity index (χ3n) is 4.86. The van der Waals surface area contributed by atoms with Gasteiger partial charge in [0.25, 0.3) is 0 Å². The summed E-state index contributed by atoms with van der Waals surface area (Å²) in [7, 11) is 1.90. The summed E-state index contributed by atoms with van der Waals surface area (Å²) in [5.41, 5.74) is 0.767. The van der Waals surface area contributed by atoms with Crippen LogP contribution >= 0.6 is 0 Å². The number of likely N-dealkylation sites (N-methyl/N-ethyl adjacent to an activating group) is 1. The molecule has 1 aromatic carbocycles. The SMILES string of the molecule is C[C@@H](CN1C(=O)O[C@H](c2ccccc2)[C@H](C)N1C)[C@H](O)C(C)(C)C. The minimum atomic E-state index is -0.499. The molecule has 1 aliphatic rings. The first-order chi connectivity index (χ1) is 11.1. The molecule has 1 heterocycles. The van der Waals surface area contributed by atoms with Crippen molar-refractivity contribution in [1.82, 2.24) is 10.0 Å². The Morgan fingerprint density at radius 2 is 1.83 bits per heavy atom. The Morgan fingerprint density at radius 1 is 1.25 bits per heavy atom. The molecule has 0 aliphatic carbocycles. The average Bonchev–Trinajstić information content (AvgIpc) is 2.54. The lowest BCUT2D eigenvalue weighted by molar-refractivity contribution is -0.132. The Morgan fingerprint density at radius 3 is 2.38 bits per heavy atom. The van der Waals surface area contributed by atoms with E-state index in [-0.39, 0.29) is 29.6 Å². The molecule has 0 radical (unpaired) electrons. The van der Waals surface area contributed by atoms with E-state index in [0.717, 1.165) is 5.56 Å². The summed E-state index contributed by atoms with van der Waals surface area (Å²) in [5, 5.41) is 14.0. The highest BCUT2D eigenvalue weighted by Crippen LogP contribution is 2.32. The second kappa shape index (κ2) is 7.11. The molecule has 1 fully saturated rings. The minimum Gasteiger partial charge on any atom is -0.439 e. The van der Waals surface area contributed by atoms with Crippen LogP contribution in [0.2, 0.25) is 0 Å². The summed E-state index contributed by atoms with van der Waals surface area (Å²) >= 11 is 0. The fraction of sp³-hybridized carbons (Fsp3) is 0.632. The van der Waals surface area contributed by atoms with Crippen LogP contribution in [0.4, 0.5) is 4.79 Å². The van der Waals surface area contributed by atoms with Crippen molar-refractivity contribution >= 4 is 6.09 Å². The predicted octanol–water partition coefficient (Wildman–Crippen LogP) is 3.46. The van der Waals surface area contributed by atoms with Crippen molar-refractivity contribution in [2.75, 3.05) is 13.6 Å². The molecule has 1 aromatic rings. The van der Waals surface area contributed by atoms with Gasteiger partial charge in [-0.1, -0.05) is 58.0 Å². The second-order valence-electron chi connectivity index (χ2n) is 7.90. The van der Waals surface area contributed by atoms with E-state index < -0.39 is 6.10 Å². The molecule has 24 heavy (non-hydrogen) atoms. The number of carbonyl (C=O) groups excluding carboxylic acids is 1. The van der Waals surface area contributed by atoms with Crippen LogP contribution in [0, 0.1) is 11.3 Å². The van der Waals surface area contributed by atoms with Crippen LogP contribution in [0.3, 0.4) is 0 Å². The van der Waals surface area contributed by atoms with Crippen molar-refractivity contribution in [2.45, 2.75) is 52.9 Å². The summed E-state index contributed by atoms with van der Waals surface area (Å²) in [6.45, 7) is 10.4. The highest BCUT2D eigenvalue weighted by Gasteiger charge is 2.40. The maximum Gasteiger partial charge on any atom is 0.425 e. The molecule has 2 rings (SSSR count). The molecule has 0 aromatic heterocycles. The zero-order valence-electron chi connectivity index (χ0n) is 15.6. The molecule has 134 valence electrons. The molecule has 4 atom stereocenters. The number of rotatable bonds is 4. The van der Waals surface area contributed by atoms with Gasteiger partial charge >= 0.3 is 6.09 Å². The number of hydrazine groups is 1. The lowest BCUT2D eigenvalue weighted by atomic mass is 9.82. The summed E-state index contributed by atoms with van der Waals surface area (Å²) in [4.78, 5) is 12.5. The maximum absolute atomic E-state index is 12.5. The van der Waals surface area contributed by atoms with Gasteiger partial charge < -0.3 is 9.84 Å². The number of benzene rings is 1. The van der Waals surface area contributed by atoms with Crippen LogP contribution in [0.5, 0.6) is 0 Å². The maximum atomic E-state index is 12.5. The van der Waals surface area contributed by atoms with Crippen molar-refractivity contribution in [3.8, 4) is 0 Å². The zero-order valence-corrected chi connectivity index (χ0v) is 15.6. The van der Waals surface area contributed by atoms with Gasteiger partial charge in [-0.15, -0.1) is 0 Å². The van der Waals surface area contributed by atoms with Crippen LogP contribution in [0.25, 0.3) is 0 Å². The van der Waals surface area contributed by atoms with Gasteiger partial charge in [-0.05, 0) is 17.9 Å². The Balaban J connectivity index is 2.11. The third kappa shape index (κ3) is 3.90. The third-order valence-corrected chi connectivity index (χ3v) is 4.86. The van der Waals surface area contributed by atoms with Crippen molar-refractivity contribution in [3.05, 3.63) is 35.9 Å². The van der Waals surface area contributed by atoms with E-state index in [1.807, 2.05) is 77.0 Å². The van der Waals surface area contributed by atoms with Gasteiger partial charge in [-0.3, -0.25) is 0 Å². The van der Waals surface area contributed by atoms with Crippen LogP contribution < -0.4 is 0 Å². The fourth-order valence-corrected chi connectivity index (χ4v) is 3.23. The van der Waals surface area contributed by atoms with Gasteiger partial charge in [0.05, 0.1) is 12.1 Å². The van der Waals surface area contributed by atoms with Gasteiger partial charge in [0.2, 0.25) is 0 Å². The molecule has 1 aliphatic heterocycles. The van der Waals surface area contributed by atoms with Crippen LogP contribution in [-0.4, -0.2) is 47.0 Å². The first-order valence-corrected chi connectivity index (χ1v) is 8.57. The molecule has 0 unspecified atom stereocenters. The van der Waals surface area contributed by atoms with Crippen LogP contribution in [0.1, 0.15) is 46.3 Å². The number of carbonyl (C=O) groups is 1. The number of hydrogen-bond acceptors (Lipinski definition) is 4. The number of hydrogen-bond donors (Lipinski definition) is 1. The summed E-state index contributed by atoms with van der Waals surface area (Å²) in [6.07, 6.45) is -1.15. The first kappa shape index (κ1) is 18.7. The monoisotopic (exact) mass is 334 g/mol. The van der Waals surface area contributed by atoms with Crippen molar-refractivity contribution in [3.63, 3.8) is 0 Å². The number of aliphatic hydroxyl groups is 1. The molecule has 0 spiro atoms. The summed E-state index contributed by atoms with van der Waals surface area (Å²) in [5.74, 6) is -0.0551. The van der Waals surface area contributed by atoms with Gasteiger partial charge in [0.15, 0.2) is 0 Å². The van der Waals surface area contributed by atoms with Crippen LogP contribution in [-0.2, 0) is 4.74 Å². The van der Waals surface area contributed by atoms with E-state index >= 15 is 0 Å². The standard InChI is InChI=1S/C19H30N2O3/c1-13(17(22)19(3,4)5)12-21-18(23)24-16(14(2)20(21)6)15-10-8-7-9-11-15/h7-11,13-14,16-17,22H,12H2,1-6H3/t13-,14-,16-,17-/m0/s1. The Hall–Kier alpha value is -1.59. The minimum absolute atomic E-state index is 0.0177. The normalized spacial score (nSPS) is 25.3. The Kier molecular flexibility index (Phi) is 5.56. The lowest BCUT2D eigenvalue weighted by Crippen LogP contribution is -2.58. The molecule has 5 heteroatoms. The molecule has 1 amide bonds. The van der Waals surface area contributed by atoms with E-state index in [1.165, 1.54) is 0 Å². The molecular formula is C19H30N2O3. The van der Waals surface area contributed by atoms with E-state index in [0.29, 0.717) is 6.54 Å². The number of nitrogens with zero attached hydrogens (tertiary/aromatic N) is 2. The highest BCUT2D eigenvalue weighted by atomic mass is 16.6. The van der Waals surface area contributed by atoms with Gasteiger partial charge in [-0.2, -0.15) is 0 Å². The smallest absolute Gasteiger partial charge is 0.425 e. The van der Waals surface area contributed by atoms with E-state index in [1.54, 1.807) is 5.01 Å². The Labute approximate surface area is 145 Å². The van der Waals surface area contributed by atoms with Gasteiger partial charge in [0.1, 0.15) is 6.10 Å². The molecule has 1 saturated heterocycles. The molecule has 0 saturated carbocycles. The van der Waals surface area contributed by atoms with Crippen LogP contribution in [0.15, 0.2) is 30.3 Å². The van der Waals surface area contributed by atoms with E-state index in [4.69, 9.17) is 4.74 Å². The highest BCUT2D eigenvalue weighted by molar-refractivity contribution is 5.68. The second-order valence-corrected chi connectivity index (χ2v) is 7.90. The number of cyclic esters (lactones) is 1. The zero-order chi connectivity index (χ0) is 18.1. The van der Waals surface area contributed by atoms with Gasteiger partial charge in [0, 0.05) is 19.5 Å². The molecule has 1 N–H and O–H groups in total. The lowest BCUT2D eigenvalue weighted by Gasteiger charge is -2.45. The van der Waals surface area contributed by atoms with Crippen molar-refractivity contribution in [2.24, 2.45) is 11.3 Å². The number of ether oxygens (including phenoxy) is 1. The quantitative estimate of drug-likeness (QED) is 0.916.